The molecule has 1 saturated heterocycles. The lowest BCUT2D eigenvalue weighted by Gasteiger charge is -2.37. The number of fused-ring (bicyclic) bond motifs is 1. The lowest BCUT2D eigenvalue weighted by Crippen LogP contribution is -2.47. The lowest BCUT2D eigenvalue weighted by molar-refractivity contribution is 0.376. The topological polar surface area (TPSA) is 15.6 Å². The van der Waals surface area contributed by atoms with Crippen LogP contribution < -0.4 is 0 Å². The molecular formula is C6H8N2. The van der Waals surface area contributed by atoms with Crippen molar-refractivity contribution < 1.29 is 0 Å². The van der Waals surface area contributed by atoms with Crippen molar-refractivity contribution in [3.8, 4) is 0 Å². The maximum atomic E-state index is 4.19. The summed E-state index contributed by atoms with van der Waals surface area (Å²) in [5, 5.41) is 0. The molecule has 0 aliphatic carbocycles. The van der Waals surface area contributed by atoms with Crippen LogP contribution in [0.25, 0.3) is 0 Å². The third-order valence-corrected chi connectivity index (χ3v) is 1.68. The molecule has 3 rings (SSSR count). The van der Waals surface area contributed by atoms with E-state index in [2.05, 4.69) is 16.8 Å². The molecule has 0 radical (unpaired) electrons. The van der Waals surface area contributed by atoms with Gasteiger partial charge >= 0.3 is 0 Å². The van der Waals surface area contributed by atoms with Crippen molar-refractivity contribution in [2.24, 2.45) is 4.99 Å². The van der Waals surface area contributed by atoms with E-state index in [1.165, 1.54) is 11.4 Å². The molecule has 3 aliphatic heterocycles. The summed E-state index contributed by atoms with van der Waals surface area (Å²) in [5.41, 5.74) is 2.63. The average molecular weight is 108 g/mol. The predicted molar refractivity (Wildman–Crippen MR) is 32.8 cm³/mol. The highest BCUT2D eigenvalue weighted by molar-refractivity contribution is 5.95. The van der Waals surface area contributed by atoms with Gasteiger partial charge in [-0.1, -0.05) is 0 Å². The number of hydrogen-bond acceptors (Lipinski definition) is 2. The Kier molecular flexibility index (Phi) is 0.583. The second-order valence-corrected chi connectivity index (χ2v) is 2.32. The fraction of sp³-hybridized carbons (Fsp3) is 0.500. The van der Waals surface area contributed by atoms with Crippen LogP contribution in [-0.4, -0.2) is 23.7 Å². The van der Waals surface area contributed by atoms with Gasteiger partial charge in [-0.05, 0) is 6.92 Å². The minimum Gasteiger partial charge on any atom is -0.363 e. The zero-order chi connectivity index (χ0) is 5.56. The zero-order valence-corrected chi connectivity index (χ0v) is 4.89. The van der Waals surface area contributed by atoms with Crippen molar-refractivity contribution in [1.82, 2.24) is 4.90 Å². The van der Waals surface area contributed by atoms with Gasteiger partial charge < -0.3 is 4.90 Å². The molecule has 0 spiro atoms. The number of nitrogens with zero attached hydrogens (tertiary/aromatic N) is 2. The molecule has 0 unspecified atom stereocenters. The summed E-state index contributed by atoms with van der Waals surface area (Å²) in [6.07, 6.45) is 1.93. The Balaban J connectivity index is 2.36. The minimum absolute atomic E-state index is 1.09. The molecule has 0 amide bonds. The van der Waals surface area contributed by atoms with Gasteiger partial charge in [-0.25, -0.2) is 0 Å². The number of allylic oxidation sites excluding steroid dienone is 1. The highest BCUT2D eigenvalue weighted by atomic mass is 15.2. The average Bonchev–Trinajstić information content (AvgIpc) is 1.62. The molecule has 0 aromatic carbocycles. The Morgan fingerprint density at radius 1 is 1.62 bits per heavy atom. The third-order valence-electron chi connectivity index (χ3n) is 1.68. The molecule has 2 nitrogen and oxygen atoms in total. The summed E-state index contributed by atoms with van der Waals surface area (Å²) in [7, 11) is 0. The molecule has 1 fully saturated rings. The van der Waals surface area contributed by atoms with Crippen molar-refractivity contribution in [2.45, 2.75) is 6.92 Å². The van der Waals surface area contributed by atoms with Gasteiger partial charge in [0.25, 0.3) is 0 Å². The second-order valence-electron chi connectivity index (χ2n) is 2.32. The molecular weight excluding hydrogens is 100 g/mol. The van der Waals surface area contributed by atoms with E-state index in [0.29, 0.717) is 0 Å². The van der Waals surface area contributed by atoms with Crippen LogP contribution in [-0.2, 0) is 0 Å². The molecule has 0 saturated carbocycles. The van der Waals surface area contributed by atoms with E-state index < -0.39 is 0 Å². The molecule has 3 heterocycles. The SMILES string of the molecule is CC1=CN=C2CN1C2. The monoisotopic (exact) mass is 108 g/mol. The van der Waals surface area contributed by atoms with Gasteiger partial charge in [-0.3, -0.25) is 4.99 Å². The maximum absolute atomic E-state index is 4.19. The third kappa shape index (κ3) is 0.351. The standard InChI is InChI=1S/C6H8N2/c1-5-2-7-6-3-8(5)4-6/h2H,3-4H2,1H3. The molecule has 3 aliphatic rings. The first-order chi connectivity index (χ1) is 3.86. The molecule has 0 aromatic rings. The van der Waals surface area contributed by atoms with Gasteiger partial charge in [-0.15, -0.1) is 0 Å². The van der Waals surface area contributed by atoms with E-state index >= 15 is 0 Å². The molecule has 2 bridgehead atoms. The fourth-order valence-electron chi connectivity index (χ4n) is 0.992. The van der Waals surface area contributed by atoms with Gasteiger partial charge in [0.2, 0.25) is 0 Å². The largest absolute Gasteiger partial charge is 0.363 e. The fourth-order valence-corrected chi connectivity index (χ4v) is 0.992. The highest BCUT2D eigenvalue weighted by Crippen LogP contribution is 2.17. The van der Waals surface area contributed by atoms with Gasteiger partial charge in [-0.2, -0.15) is 0 Å². The lowest BCUT2D eigenvalue weighted by atomic mass is 10.1. The Labute approximate surface area is 48.5 Å². The van der Waals surface area contributed by atoms with Gasteiger partial charge in [0, 0.05) is 11.9 Å². The van der Waals surface area contributed by atoms with Gasteiger partial charge in [0.05, 0.1) is 18.8 Å². The summed E-state index contributed by atoms with van der Waals surface area (Å²) in [6, 6.07) is 0. The summed E-state index contributed by atoms with van der Waals surface area (Å²) in [6.45, 7) is 4.27. The normalized spacial score (nSPS) is 23.9. The van der Waals surface area contributed by atoms with E-state index in [1.54, 1.807) is 0 Å². The summed E-state index contributed by atoms with van der Waals surface area (Å²) in [4.78, 5) is 6.50. The van der Waals surface area contributed by atoms with Crippen molar-refractivity contribution in [1.29, 1.82) is 0 Å². The first-order valence-electron chi connectivity index (χ1n) is 2.83. The van der Waals surface area contributed by atoms with Crippen LogP contribution in [0.2, 0.25) is 0 Å². The molecule has 0 atom stereocenters. The van der Waals surface area contributed by atoms with Crippen LogP contribution in [0.4, 0.5) is 0 Å². The maximum Gasteiger partial charge on any atom is 0.0582 e. The van der Waals surface area contributed by atoms with Crippen LogP contribution in [0, 0.1) is 0 Å². The van der Waals surface area contributed by atoms with Crippen LogP contribution in [0.1, 0.15) is 6.92 Å². The molecule has 0 aromatic heterocycles. The Morgan fingerprint density at radius 2 is 2.38 bits per heavy atom. The summed E-state index contributed by atoms with van der Waals surface area (Å²) < 4.78 is 0. The van der Waals surface area contributed by atoms with Crippen LogP contribution in [0.5, 0.6) is 0 Å². The van der Waals surface area contributed by atoms with E-state index in [9.17, 15) is 0 Å². The van der Waals surface area contributed by atoms with E-state index in [4.69, 9.17) is 0 Å². The van der Waals surface area contributed by atoms with Crippen LogP contribution >= 0.6 is 0 Å². The summed E-state index contributed by atoms with van der Waals surface area (Å²) in [5.74, 6) is 0. The first-order valence-corrected chi connectivity index (χ1v) is 2.83. The smallest absolute Gasteiger partial charge is 0.0582 e. The van der Waals surface area contributed by atoms with Gasteiger partial charge in [0.1, 0.15) is 0 Å². The second kappa shape index (κ2) is 1.13. The number of rotatable bonds is 0. The van der Waals surface area contributed by atoms with E-state index in [-0.39, 0.29) is 0 Å². The van der Waals surface area contributed by atoms with Crippen molar-refractivity contribution in [3.05, 3.63) is 11.9 Å². The minimum atomic E-state index is 1.09. The molecule has 0 N–H and O–H groups in total. The Morgan fingerprint density at radius 3 is 2.62 bits per heavy atom. The van der Waals surface area contributed by atoms with E-state index in [1.807, 2.05) is 6.20 Å². The van der Waals surface area contributed by atoms with Crippen molar-refractivity contribution in [2.75, 3.05) is 13.1 Å². The van der Waals surface area contributed by atoms with Crippen molar-refractivity contribution >= 4 is 5.71 Å². The number of aliphatic imine (C=N–C) groups is 1. The van der Waals surface area contributed by atoms with E-state index in [0.717, 1.165) is 13.1 Å². The van der Waals surface area contributed by atoms with Crippen LogP contribution in [0.3, 0.4) is 0 Å². The Bertz CT molecular complexity index is 171. The highest BCUT2D eigenvalue weighted by Gasteiger charge is 2.23. The predicted octanol–water partition coefficient (Wildman–Crippen LogP) is 0.618. The van der Waals surface area contributed by atoms with Crippen LogP contribution in [0.15, 0.2) is 16.9 Å². The Hall–Kier alpha value is -0.790. The molecule has 42 valence electrons. The van der Waals surface area contributed by atoms with Gasteiger partial charge in [0.15, 0.2) is 0 Å². The quantitative estimate of drug-likeness (QED) is 0.444. The summed E-state index contributed by atoms with van der Waals surface area (Å²) >= 11 is 0. The first kappa shape index (κ1) is 4.13. The molecule has 2 heteroatoms. The number of hydrogen-bond donors (Lipinski definition) is 0. The molecule has 8 heavy (non-hydrogen) atoms. The zero-order valence-electron chi connectivity index (χ0n) is 4.89. The van der Waals surface area contributed by atoms with Crippen molar-refractivity contribution in [3.63, 3.8) is 0 Å².